The molecule has 1 atom stereocenters. The van der Waals surface area contributed by atoms with E-state index in [1.807, 2.05) is 0 Å². The summed E-state index contributed by atoms with van der Waals surface area (Å²) in [6, 6.07) is 0.501. The van der Waals surface area contributed by atoms with Crippen molar-refractivity contribution in [2.45, 2.75) is 52.7 Å². The molecule has 1 aliphatic heterocycles. The predicted octanol–water partition coefficient (Wildman–Crippen LogP) is 2.10. The van der Waals surface area contributed by atoms with Crippen molar-refractivity contribution in [3.05, 3.63) is 0 Å². The van der Waals surface area contributed by atoms with Gasteiger partial charge in [0.15, 0.2) is 5.78 Å². The molecule has 1 heterocycles. The number of Topliss-reactive ketones (excluding diaryl/α,β-unsaturated/α-hetero) is 1. The second-order valence-electron chi connectivity index (χ2n) is 4.86. The van der Waals surface area contributed by atoms with Gasteiger partial charge in [0.25, 0.3) is 0 Å². The van der Waals surface area contributed by atoms with Crippen LogP contribution in [0.1, 0.15) is 40.5 Å². The van der Waals surface area contributed by atoms with Gasteiger partial charge >= 0.3 is 0 Å². The topological polar surface area (TPSA) is 29.5 Å². The van der Waals surface area contributed by atoms with E-state index in [4.69, 9.17) is 4.74 Å². The highest BCUT2D eigenvalue weighted by Crippen LogP contribution is 2.17. The average molecular weight is 227 g/mol. The second kappa shape index (κ2) is 6.36. The highest BCUT2D eigenvalue weighted by molar-refractivity contribution is 5.85. The molecule has 1 unspecified atom stereocenters. The molecular weight excluding hydrogens is 202 g/mol. The maximum absolute atomic E-state index is 12.2. The summed E-state index contributed by atoms with van der Waals surface area (Å²) >= 11 is 0. The van der Waals surface area contributed by atoms with Gasteiger partial charge in [0, 0.05) is 25.0 Å². The van der Waals surface area contributed by atoms with Gasteiger partial charge in [0.05, 0.1) is 6.61 Å². The smallest absolute Gasteiger partial charge is 0.165 e. The average Bonchev–Trinajstić information content (AvgIpc) is 2.30. The largest absolute Gasteiger partial charge is 0.368 e. The second-order valence-corrected chi connectivity index (χ2v) is 4.86. The molecule has 0 amide bonds. The summed E-state index contributed by atoms with van der Waals surface area (Å²) in [5.74, 6) is 0.479. The van der Waals surface area contributed by atoms with E-state index in [1.165, 1.54) is 0 Å². The van der Waals surface area contributed by atoms with Crippen LogP contribution in [-0.2, 0) is 9.53 Å². The van der Waals surface area contributed by atoms with Gasteiger partial charge in [-0.25, -0.2) is 0 Å². The van der Waals surface area contributed by atoms with Crippen LogP contribution in [0.25, 0.3) is 0 Å². The van der Waals surface area contributed by atoms with Crippen LogP contribution in [0.3, 0.4) is 0 Å². The van der Waals surface area contributed by atoms with Crippen LogP contribution >= 0.6 is 0 Å². The molecule has 16 heavy (non-hydrogen) atoms. The van der Waals surface area contributed by atoms with Crippen molar-refractivity contribution >= 4 is 5.78 Å². The van der Waals surface area contributed by atoms with Crippen molar-refractivity contribution in [1.82, 2.24) is 4.90 Å². The fourth-order valence-corrected chi connectivity index (χ4v) is 2.26. The molecule has 1 saturated heterocycles. The van der Waals surface area contributed by atoms with E-state index in [1.54, 1.807) is 0 Å². The van der Waals surface area contributed by atoms with Crippen LogP contribution in [0.4, 0.5) is 0 Å². The molecule has 0 saturated carbocycles. The number of ether oxygens (including phenoxy) is 1. The standard InChI is InChI=1S/C13H25NO2/c1-5-11(6-2)13(15)12-9-14(10(3)4)7-8-16-12/h10-12H,5-9H2,1-4H3. The summed E-state index contributed by atoms with van der Waals surface area (Å²) in [5, 5.41) is 0. The highest BCUT2D eigenvalue weighted by Gasteiger charge is 2.30. The Balaban J connectivity index is 2.56. The van der Waals surface area contributed by atoms with Gasteiger partial charge in [-0.2, -0.15) is 0 Å². The van der Waals surface area contributed by atoms with E-state index < -0.39 is 0 Å². The maximum Gasteiger partial charge on any atom is 0.165 e. The van der Waals surface area contributed by atoms with Crippen LogP contribution < -0.4 is 0 Å². The maximum atomic E-state index is 12.2. The lowest BCUT2D eigenvalue weighted by atomic mass is 9.93. The number of ketones is 1. The Kier molecular flexibility index (Phi) is 5.42. The summed E-state index contributed by atoms with van der Waals surface area (Å²) in [4.78, 5) is 14.5. The van der Waals surface area contributed by atoms with Crippen LogP contribution in [-0.4, -0.2) is 42.5 Å². The van der Waals surface area contributed by atoms with Crippen molar-refractivity contribution in [2.75, 3.05) is 19.7 Å². The molecule has 0 aromatic heterocycles. The van der Waals surface area contributed by atoms with Crippen molar-refractivity contribution in [2.24, 2.45) is 5.92 Å². The molecule has 1 fully saturated rings. The van der Waals surface area contributed by atoms with Crippen molar-refractivity contribution in [1.29, 1.82) is 0 Å². The molecule has 1 aliphatic rings. The third-order valence-electron chi connectivity index (χ3n) is 3.53. The zero-order chi connectivity index (χ0) is 12.1. The molecule has 0 aliphatic carbocycles. The molecule has 0 radical (unpaired) electrons. The van der Waals surface area contributed by atoms with Gasteiger partial charge in [-0.3, -0.25) is 9.69 Å². The van der Waals surface area contributed by atoms with Crippen LogP contribution in [0.2, 0.25) is 0 Å². The first kappa shape index (κ1) is 13.7. The number of nitrogens with zero attached hydrogens (tertiary/aromatic N) is 1. The third kappa shape index (κ3) is 3.29. The van der Waals surface area contributed by atoms with Crippen LogP contribution in [0.5, 0.6) is 0 Å². The zero-order valence-electron chi connectivity index (χ0n) is 11.0. The summed E-state index contributed by atoms with van der Waals surface area (Å²) < 4.78 is 5.61. The fraction of sp³-hybridized carbons (Fsp3) is 0.923. The number of carbonyl (C=O) groups excluding carboxylic acids is 1. The molecule has 3 heteroatoms. The van der Waals surface area contributed by atoms with Crippen LogP contribution in [0, 0.1) is 5.92 Å². The molecule has 0 N–H and O–H groups in total. The summed E-state index contributed by atoms with van der Waals surface area (Å²) in [5.41, 5.74) is 0. The minimum Gasteiger partial charge on any atom is -0.368 e. The Morgan fingerprint density at radius 3 is 2.50 bits per heavy atom. The van der Waals surface area contributed by atoms with Gasteiger partial charge < -0.3 is 4.74 Å². The Morgan fingerprint density at radius 2 is 2.00 bits per heavy atom. The SMILES string of the molecule is CCC(CC)C(=O)C1CN(C(C)C)CCO1. The lowest BCUT2D eigenvalue weighted by Crippen LogP contribution is -2.49. The lowest BCUT2D eigenvalue weighted by molar-refractivity contribution is -0.141. The Morgan fingerprint density at radius 1 is 1.38 bits per heavy atom. The molecule has 0 spiro atoms. The molecule has 0 bridgehead atoms. The molecule has 0 aromatic carbocycles. The van der Waals surface area contributed by atoms with E-state index in [0.717, 1.165) is 25.9 Å². The Hall–Kier alpha value is -0.410. The van der Waals surface area contributed by atoms with E-state index in [9.17, 15) is 4.79 Å². The normalized spacial score (nSPS) is 23.0. The van der Waals surface area contributed by atoms with Gasteiger partial charge in [-0.15, -0.1) is 0 Å². The summed E-state index contributed by atoms with van der Waals surface area (Å²) in [7, 11) is 0. The number of rotatable bonds is 5. The lowest BCUT2D eigenvalue weighted by Gasteiger charge is -2.35. The molecule has 3 nitrogen and oxygen atoms in total. The van der Waals surface area contributed by atoms with Gasteiger partial charge in [0.1, 0.15) is 6.10 Å². The number of morpholine rings is 1. The minimum absolute atomic E-state index is 0.178. The minimum atomic E-state index is -0.193. The van der Waals surface area contributed by atoms with E-state index >= 15 is 0 Å². The predicted molar refractivity (Wildman–Crippen MR) is 65.5 cm³/mol. The van der Waals surface area contributed by atoms with E-state index in [0.29, 0.717) is 18.4 Å². The number of hydrogen-bond acceptors (Lipinski definition) is 3. The Bertz CT molecular complexity index is 224. The summed E-state index contributed by atoms with van der Waals surface area (Å²) in [6.07, 6.45) is 1.66. The van der Waals surface area contributed by atoms with Gasteiger partial charge in [0.2, 0.25) is 0 Å². The first-order chi connectivity index (χ1) is 7.60. The first-order valence-electron chi connectivity index (χ1n) is 6.49. The monoisotopic (exact) mass is 227 g/mol. The molecule has 94 valence electrons. The van der Waals surface area contributed by atoms with Crippen LogP contribution in [0.15, 0.2) is 0 Å². The van der Waals surface area contributed by atoms with Crippen molar-refractivity contribution < 1.29 is 9.53 Å². The number of hydrogen-bond donors (Lipinski definition) is 0. The van der Waals surface area contributed by atoms with Gasteiger partial charge in [-0.1, -0.05) is 13.8 Å². The van der Waals surface area contributed by atoms with Crippen molar-refractivity contribution in [3.63, 3.8) is 0 Å². The fourth-order valence-electron chi connectivity index (χ4n) is 2.26. The highest BCUT2D eigenvalue weighted by atomic mass is 16.5. The molecule has 1 rings (SSSR count). The molecule has 0 aromatic rings. The number of carbonyl (C=O) groups is 1. The van der Waals surface area contributed by atoms with Gasteiger partial charge in [-0.05, 0) is 26.7 Å². The van der Waals surface area contributed by atoms with E-state index in [-0.39, 0.29) is 12.0 Å². The quantitative estimate of drug-likeness (QED) is 0.720. The third-order valence-corrected chi connectivity index (χ3v) is 3.53. The summed E-state index contributed by atoms with van der Waals surface area (Å²) in [6.45, 7) is 10.9. The zero-order valence-corrected chi connectivity index (χ0v) is 11.0. The van der Waals surface area contributed by atoms with E-state index in [2.05, 4.69) is 32.6 Å². The van der Waals surface area contributed by atoms with Crippen molar-refractivity contribution in [3.8, 4) is 0 Å². The molecular formula is C13H25NO2. The Labute approximate surface area is 99.1 Å². The first-order valence-corrected chi connectivity index (χ1v) is 6.49.